The van der Waals surface area contributed by atoms with Crippen LogP contribution in [0.3, 0.4) is 0 Å². The topological polar surface area (TPSA) is 75.7 Å². The summed E-state index contributed by atoms with van der Waals surface area (Å²) in [6, 6.07) is 7.10. The minimum atomic E-state index is -0.604. The van der Waals surface area contributed by atoms with E-state index in [-0.39, 0.29) is 11.3 Å². The first kappa shape index (κ1) is 19.4. The number of piperidine rings is 1. The van der Waals surface area contributed by atoms with Gasteiger partial charge in [-0.1, -0.05) is 18.6 Å². The average Bonchev–Trinajstić information content (AvgIpc) is 2.55. The van der Waals surface area contributed by atoms with E-state index in [0.29, 0.717) is 13.0 Å². The van der Waals surface area contributed by atoms with Crippen LogP contribution in [0.15, 0.2) is 24.3 Å². The molecule has 1 aromatic rings. The van der Waals surface area contributed by atoms with Crippen molar-refractivity contribution in [1.82, 2.24) is 5.32 Å². The molecule has 1 saturated carbocycles. The van der Waals surface area contributed by atoms with Crippen molar-refractivity contribution in [2.75, 3.05) is 11.4 Å². The van der Waals surface area contributed by atoms with Crippen molar-refractivity contribution < 1.29 is 19.1 Å². The van der Waals surface area contributed by atoms with E-state index in [2.05, 4.69) is 5.32 Å². The number of amides is 2. The Bertz CT molecular complexity index is 717. The lowest BCUT2D eigenvalue weighted by Gasteiger charge is -2.37. The molecule has 1 atom stereocenters. The number of nitrogens with one attached hydrogen (secondary N) is 1. The van der Waals surface area contributed by atoms with Crippen LogP contribution in [0.1, 0.15) is 58.4 Å². The summed E-state index contributed by atoms with van der Waals surface area (Å²) in [5.41, 5.74) is 0.860. The quantitative estimate of drug-likeness (QED) is 0.823. The summed E-state index contributed by atoms with van der Waals surface area (Å²) >= 11 is 0. The highest BCUT2D eigenvalue weighted by Crippen LogP contribution is 2.42. The van der Waals surface area contributed by atoms with Gasteiger partial charge in [-0.15, -0.1) is 0 Å². The second-order valence-electron chi connectivity index (χ2n) is 8.51. The zero-order valence-electron chi connectivity index (χ0n) is 16.3. The Balaban J connectivity index is 1.68. The smallest absolute Gasteiger partial charge is 0.408 e. The van der Waals surface area contributed by atoms with E-state index in [1.807, 2.05) is 24.3 Å². The van der Waals surface area contributed by atoms with E-state index < -0.39 is 17.7 Å². The lowest BCUT2D eigenvalue weighted by atomic mass is 9.65. The van der Waals surface area contributed by atoms with Gasteiger partial charge in [0.25, 0.3) is 0 Å². The molecule has 6 nitrogen and oxygen atoms in total. The standard InChI is InChI=1S/C21H28N2O4/c1-20(2,3)27-19(26)22-17-6-4-13-23(18(17)25)16-9-7-15(8-10-16)21(14-24)11-5-12-21/h7-10,14,17H,4-6,11-13H2,1-3H3,(H,22,26). The number of alkyl carbamates (subject to hydrolysis) is 1. The molecule has 1 heterocycles. The molecule has 0 aromatic heterocycles. The summed E-state index contributed by atoms with van der Waals surface area (Å²) in [5, 5.41) is 2.69. The highest BCUT2D eigenvalue weighted by molar-refractivity contribution is 5.99. The van der Waals surface area contributed by atoms with Gasteiger partial charge in [0.2, 0.25) is 5.91 Å². The Hall–Kier alpha value is -2.37. The van der Waals surface area contributed by atoms with Gasteiger partial charge in [-0.05, 0) is 64.2 Å². The first-order chi connectivity index (χ1) is 12.7. The van der Waals surface area contributed by atoms with Gasteiger partial charge in [-0.25, -0.2) is 4.79 Å². The molecule has 3 rings (SSSR count). The molecule has 1 aliphatic heterocycles. The normalized spacial score (nSPS) is 22.0. The lowest BCUT2D eigenvalue weighted by Crippen LogP contribution is -2.53. The molecule has 2 fully saturated rings. The Morgan fingerprint density at radius 3 is 2.41 bits per heavy atom. The number of ether oxygens (including phenoxy) is 1. The molecule has 6 heteroatoms. The zero-order valence-corrected chi connectivity index (χ0v) is 16.3. The summed E-state index contributed by atoms with van der Waals surface area (Å²) in [5.74, 6) is -0.131. The van der Waals surface area contributed by atoms with E-state index in [0.717, 1.165) is 43.2 Å². The van der Waals surface area contributed by atoms with Crippen LogP contribution in [0.2, 0.25) is 0 Å². The fourth-order valence-electron chi connectivity index (χ4n) is 3.72. The third kappa shape index (κ3) is 4.15. The van der Waals surface area contributed by atoms with Gasteiger partial charge in [-0.3, -0.25) is 4.79 Å². The number of hydrogen-bond acceptors (Lipinski definition) is 4. The summed E-state index contributed by atoms with van der Waals surface area (Å²) < 4.78 is 5.26. The monoisotopic (exact) mass is 372 g/mol. The zero-order chi connectivity index (χ0) is 19.7. The third-order valence-electron chi connectivity index (χ3n) is 5.35. The van der Waals surface area contributed by atoms with Crippen LogP contribution in [-0.2, 0) is 19.7 Å². The van der Waals surface area contributed by atoms with Crippen molar-refractivity contribution in [3.63, 3.8) is 0 Å². The van der Waals surface area contributed by atoms with Crippen molar-refractivity contribution in [3.05, 3.63) is 29.8 Å². The van der Waals surface area contributed by atoms with Crippen LogP contribution in [0.25, 0.3) is 0 Å². The first-order valence-corrected chi connectivity index (χ1v) is 9.62. The van der Waals surface area contributed by atoms with Gasteiger partial charge < -0.3 is 19.7 Å². The number of aldehydes is 1. The van der Waals surface area contributed by atoms with E-state index in [9.17, 15) is 14.4 Å². The van der Waals surface area contributed by atoms with Crippen molar-refractivity contribution in [1.29, 1.82) is 0 Å². The molecule has 1 saturated heterocycles. The molecule has 2 aliphatic rings. The van der Waals surface area contributed by atoms with Crippen LogP contribution in [0, 0.1) is 0 Å². The maximum absolute atomic E-state index is 12.8. The second-order valence-corrected chi connectivity index (χ2v) is 8.51. The summed E-state index contributed by atoms with van der Waals surface area (Å²) in [4.78, 5) is 38.0. The van der Waals surface area contributed by atoms with Gasteiger partial charge >= 0.3 is 6.09 Å². The van der Waals surface area contributed by atoms with E-state index in [1.165, 1.54) is 0 Å². The molecule has 27 heavy (non-hydrogen) atoms. The van der Waals surface area contributed by atoms with Crippen LogP contribution < -0.4 is 10.2 Å². The van der Waals surface area contributed by atoms with E-state index >= 15 is 0 Å². The van der Waals surface area contributed by atoms with Crippen molar-refractivity contribution in [2.24, 2.45) is 0 Å². The predicted molar refractivity (Wildman–Crippen MR) is 103 cm³/mol. The van der Waals surface area contributed by atoms with Gasteiger partial charge in [0.1, 0.15) is 17.9 Å². The Morgan fingerprint density at radius 1 is 1.22 bits per heavy atom. The minimum absolute atomic E-state index is 0.131. The molecule has 2 amide bonds. The minimum Gasteiger partial charge on any atom is -0.444 e. The van der Waals surface area contributed by atoms with Gasteiger partial charge in [-0.2, -0.15) is 0 Å². The fourth-order valence-corrected chi connectivity index (χ4v) is 3.72. The molecular formula is C21H28N2O4. The molecular weight excluding hydrogens is 344 g/mol. The Morgan fingerprint density at radius 2 is 1.89 bits per heavy atom. The lowest BCUT2D eigenvalue weighted by molar-refractivity contribution is -0.121. The molecule has 0 radical (unpaired) electrons. The van der Waals surface area contributed by atoms with Gasteiger partial charge in [0.15, 0.2) is 0 Å². The number of benzene rings is 1. The predicted octanol–water partition coefficient (Wildman–Crippen LogP) is 3.33. The molecule has 0 spiro atoms. The fraction of sp³-hybridized carbons (Fsp3) is 0.571. The largest absolute Gasteiger partial charge is 0.444 e. The highest BCUT2D eigenvalue weighted by Gasteiger charge is 2.38. The molecule has 146 valence electrons. The average molecular weight is 372 g/mol. The summed E-state index contributed by atoms with van der Waals surface area (Å²) in [6.45, 7) is 5.98. The van der Waals surface area contributed by atoms with E-state index in [1.54, 1.807) is 25.7 Å². The first-order valence-electron chi connectivity index (χ1n) is 9.62. The second kappa shape index (κ2) is 7.33. The van der Waals surface area contributed by atoms with Crippen LogP contribution in [-0.4, -0.2) is 36.5 Å². The number of anilines is 1. The number of nitrogens with zero attached hydrogens (tertiary/aromatic N) is 1. The number of hydrogen-bond donors (Lipinski definition) is 1. The Labute approximate surface area is 160 Å². The Kier molecular flexibility index (Phi) is 5.27. The number of carbonyl (C=O) groups excluding carboxylic acids is 3. The van der Waals surface area contributed by atoms with Crippen molar-refractivity contribution in [3.8, 4) is 0 Å². The summed E-state index contributed by atoms with van der Waals surface area (Å²) in [6.07, 6.45) is 4.73. The maximum atomic E-state index is 12.8. The summed E-state index contributed by atoms with van der Waals surface area (Å²) in [7, 11) is 0. The molecule has 0 bridgehead atoms. The number of carbonyl (C=O) groups is 3. The molecule has 1 N–H and O–H groups in total. The van der Waals surface area contributed by atoms with E-state index in [4.69, 9.17) is 4.74 Å². The maximum Gasteiger partial charge on any atom is 0.408 e. The SMILES string of the molecule is CC(C)(C)OC(=O)NC1CCCN(c2ccc(C3(C=O)CCC3)cc2)C1=O. The van der Waals surface area contributed by atoms with Crippen molar-refractivity contribution in [2.45, 2.75) is 69.9 Å². The number of rotatable bonds is 4. The van der Waals surface area contributed by atoms with Crippen LogP contribution in [0.5, 0.6) is 0 Å². The van der Waals surface area contributed by atoms with Crippen LogP contribution >= 0.6 is 0 Å². The highest BCUT2D eigenvalue weighted by atomic mass is 16.6. The molecule has 1 aliphatic carbocycles. The van der Waals surface area contributed by atoms with Crippen molar-refractivity contribution >= 4 is 24.0 Å². The third-order valence-corrected chi connectivity index (χ3v) is 5.35. The molecule has 1 aromatic carbocycles. The van der Waals surface area contributed by atoms with Crippen LogP contribution in [0.4, 0.5) is 10.5 Å². The van der Waals surface area contributed by atoms with Gasteiger partial charge in [0.05, 0.1) is 5.41 Å². The molecule has 1 unspecified atom stereocenters. The van der Waals surface area contributed by atoms with Gasteiger partial charge in [0, 0.05) is 12.2 Å².